The molecule has 0 aliphatic rings. The van der Waals surface area contributed by atoms with Gasteiger partial charge in [-0.2, -0.15) is 23.5 Å². The Hall–Kier alpha value is 0.130. The molecule has 5 heteroatoms. The molecule has 0 aliphatic heterocycles. The van der Waals surface area contributed by atoms with Crippen LogP contribution in [0.4, 0.5) is 0 Å². The lowest BCUT2D eigenvalue weighted by molar-refractivity contribution is -0.120. The number of carbonyl (C=O) groups is 1. The molecule has 1 amide bonds. The first-order valence-corrected chi connectivity index (χ1v) is 7.30. The summed E-state index contributed by atoms with van der Waals surface area (Å²) in [5.74, 6) is 2.94. The molecular weight excluding hydrogens is 218 g/mol. The van der Waals surface area contributed by atoms with E-state index < -0.39 is 0 Å². The summed E-state index contributed by atoms with van der Waals surface area (Å²) in [5, 5.41) is 11.4. The van der Waals surface area contributed by atoms with E-state index in [4.69, 9.17) is 5.11 Å². The van der Waals surface area contributed by atoms with Gasteiger partial charge >= 0.3 is 0 Å². The number of hydrogen-bond donors (Lipinski definition) is 2. The van der Waals surface area contributed by atoms with Gasteiger partial charge in [0.05, 0.1) is 0 Å². The van der Waals surface area contributed by atoms with E-state index in [1.165, 1.54) is 0 Å². The lowest BCUT2D eigenvalue weighted by Gasteiger charge is -2.03. The Kier molecular flexibility index (Phi) is 11.3. The molecule has 0 saturated carbocycles. The molecule has 0 fully saturated rings. The van der Waals surface area contributed by atoms with Crippen LogP contribution < -0.4 is 5.32 Å². The molecule has 0 saturated heterocycles. The van der Waals surface area contributed by atoms with Crippen molar-refractivity contribution in [3.8, 4) is 0 Å². The average Bonchev–Trinajstić information content (AvgIpc) is 2.20. The molecule has 0 spiro atoms. The van der Waals surface area contributed by atoms with E-state index in [1.54, 1.807) is 23.5 Å². The van der Waals surface area contributed by atoms with E-state index in [0.29, 0.717) is 6.42 Å². The molecule has 84 valence electrons. The van der Waals surface area contributed by atoms with Gasteiger partial charge in [0.15, 0.2) is 0 Å². The number of carbonyl (C=O) groups excluding carboxylic acids is 1. The molecule has 0 aromatic rings. The van der Waals surface area contributed by atoms with E-state index in [1.807, 2.05) is 6.26 Å². The van der Waals surface area contributed by atoms with Crippen LogP contribution in [0.1, 0.15) is 12.8 Å². The molecule has 0 aromatic heterocycles. The first-order valence-electron chi connectivity index (χ1n) is 4.75. The van der Waals surface area contributed by atoms with Crippen LogP contribution in [0.2, 0.25) is 0 Å². The molecule has 0 radical (unpaired) electrons. The Bertz CT molecular complexity index is 145. The highest BCUT2D eigenvalue weighted by Crippen LogP contribution is 2.00. The first kappa shape index (κ1) is 14.1. The van der Waals surface area contributed by atoms with E-state index in [0.717, 1.165) is 30.2 Å². The number of rotatable bonds is 9. The summed E-state index contributed by atoms with van der Waals surface area (Å²) in [6, 6.07) is 0. The van der Waals surface area contributed by atoms with Gasteiger partial charge < -0.3 is 10.4 Å². The van der Waals surface area contributed by atoms with Crippen LogP contribution in [-0.4, -0.2) is 47.7 Å². The molecule has 0 bridgehead atoms. The van der Waals surface area contributed by atoms with Crippen molar-refractivity contribution in [1.29, 1.82) is 0 Å². The Morgan fingerprint density at radius 3 is 2.79 bits per heavy atom. The standard InChI is InChI=1S/C9H19NO2S2/c1-13-7-3-9(12)10-4-8-14-6-2-5-11/h11H,2-8H2,1H3,(H,10,12). The van der Waals surface area contributed by atoms with Crippen LogP contribution in [0.15, 0.2) is 0 Å². The minimum Gasteiger partial charge on any atom is -0.396 e. The molecule has 0 aliphatic carbocycles. The van der Waals surface area contributed by atoms with Gasteiger partial charge in [-0.3, -0.25) is 4.79 Å². The Balaban J connectivity index is 3.07. The third kappa shape index (κ3) is 10.2. The predicted molar refractivity (Wildman–Crippen MR) is 65.0 cm³/mol. The minimum absolute atomic E-state index is 0.141. The summed E-state index contributed by atoms with van der Waals surface area (Å²) < 4.78 is 0. The van der Waals surface area contributed by atoms with Crippen molar-refractivity contribution >= 4 is 29.4 Å². The molecular formula is C9H19NO2S2. The van der Waals surface area contributed by atoms with Crippen LogP contribution in [-0.2, 0) is 4.79 Å². The maximum atomic E-state index is 11.1. The topological polar surface area (TPSA) is 49.3 Å². The molecule has 14 heavy (non-hydrogen) atoms. The van der Waals surface area contributed by atoms with Crippen molar-refractivity contribution in [2.45, 2.75) is 12.8 Å². The molecule has 3 nitrogen and oxygen atoms in total. The first-order chi connectivity index (χ1) is 6.81. The van der Waals surface area contributed by atoms with Gasteiger partial charge in [0, 0.05) is 31.1 Å². The van der Waals surface area contributed by atoms with Gasteiger partial charge in [-0.15, -0.1) is 0 Å². The lowest BCUT2D eigenvalue weighted by Crippen LogP contribution is -2.25. The highest BCUT2D eigenvalue weighted by Gasteiger charge is 1.98. The number of thioether (sulfide) groups is 2. The molecule has 0 unspecified atom stereocenters. The quantitative estimate of drug-likeness (QED) is 0.587. The van der Waals surface area contributed by atoms with Crippen molar-refractivity contribution in [3.63, 3.8) is 0 Å². The van der Waals surface area contributed by atoms with Crippen molar-refractivity contribution < 1.29 is 9.90 Å². The van der Waals surface area contributed by atoms with Crippen molar-refractivity contribution in [2.24, 2.45) is 0 Å². The van der Waals surface area contributed by atoms with Gasteiger partial charge in [0.1, 0.15) is 0 Å². The van der Waals surface area contributed by atoms with Gasteiger partial charge in [0.25, 0.3) is 0 Å². The average molecular weight is 237 g/mol. The molecule has 0 aromatic carbocycles. The summed E-state index contributed by atoms with van der Waals surface area (Å²) in [6.07, 6.45) is 3.45. The Labute approximate surface area is 94.4 Å². The zero-order valence-electron chi connectivity index (χ0n) is 8.62. The molecule has 0 rings (SSSR count). The molecule has 0 heterocycles. The number of amides is 1. The van der Waals surface area contributed by atoms with Gasteiger partial charge in [-0.25, -0.2) is 0 Å². The number of nitrogens with one attached hydrogen (secondary N) is 1. The van der Waals surface area contributed by atoms with Crippen LogP contribution in [0.25, 0.3) is 0 Å². The van der Waals surface area contributed by atoms with Crippen LogP contribution in [0, 0.1) is 0 Å². The summed E-state index contributed by atoms with van der Waals surface area (Å²) >= 11 is 3.45. The maximum Gasteiger partial charge on any atom is 0.220 e. The highest BCUT2D eigenvalue weighted by molar-refractivity contribution is 7.99. The Morgan fingerprint density at radius 2 is 2.14 bits per heavy atom. The van der Waals surface area contributed by atoms with E-state index in [2.05, 4.69) is 5.32 Å². The molecule has 0 atom stereocenters. The third-order valence-corrected chi connectivity index (χ3v) is 3.23. The van der Waals surface area contributed by atoms with E-state index in [9.17, 15) is 4.79 Å². The third-order valence-electron chi connectivity index (χ3n) is 1.55. The second-order valence-corrected chi connectivity index (χ2v) is 4.99. The monoisotopic (exact) mass is 237 g/mol. The van der Waals surface area contributed by atoms with E-state index >= 15 is 0 Å². The maximum absolute atomic E-state index is 11.1. The zero-order chi connectivity index (χ0) is 10.6. The van der Waals surface area contributed by atoms with Gasteiger partial charge in [-0.1, -0.05) is 0 Å². The smallest absolute Gasteiger partial charge is 0.220 e. The summed E-state index contributed by atoms with van der Waals surface area (Å²) in [5.41, 5.74) is 0. The van der Waals surface area contributed by atoms with Gasteiger partial charge in [-0.05, 0) is 18.4 Å². The second kappa shape index (κ2) is 11.2. The SMILES string of the molecule is CSCCC(=O)NCCSCCCO. The van der Waals surface area contributed by atoms with E-state index in [-0.39, 0.29) is 12.5 Å². The van der Waals surface area contributed by atoms with Crippen molar-refractivity contribution in [1.82, 2.24) is 5.32 Å². The zero-order valence-corrected chi connectivity index (χ0v) is 10.3. The minimum atomic E-state index is 0.141. The van der Waals surface area contributed by atoms with Crippen molar-refractivity contribution in [2.75, 3.05) is 36.7 Å². The lowest BCUT2D eigenvalue weighted by atomic mass is 10.4. The molecule has 2 N–H and O–H groups in total. The number of aliphatic hydroxyl groups is 1. The predicted octanol–water partition coefficient (Wildman–Crippen LogP) is 0.971. The number of aliphatic hydroxyl groups excluding tert-OH is 1. The fourth-order valence-corrected chi connectivity index (χ4v) is 1.99. The normalized spacial score (nSPS) is 10.1. The second-order valence-electron chi connectivity index (χ2n) is 2.78. The summed E-state index contributed by atoms with van der Waals surface area (Å²) in [6.45, 7) is 0.996. The van der Waals surface area contributed by atoms with Crippen LogP contribution in [0.3, 0.4) is 0 Å². The summed E-state index contributed by atoms with van der Waals surface area (Å²) in [7, 11) is 0. The largest absolute Gasteiger partial charge is 0.396 e. The van der Waals surface area contributed by atoms with Crippen LogP contribution >= 0.6 is 23.5 Å². The number of hydrogen-bond acceptors (Lipinski definition) is 4. The van der Waals surface area contributed by atoms with Crippen molar-refractivity contribution in [3.05, 3.63) is 0 Å². The fourth-order valence-electron chi connectivity index (χ4n) is 0.814. The fraction of sp³-hybridized carbons (Fsp3) is 0.889. The van der Waals surface area contributed by atoms with Gasteiger partial charge in [0.2, 0.25) is 5.91 Å². The summed E-state index contributed by atoms with van der Waals surface area (Å²) in [4.78, 5) is 11.1. The Morgan fingerprint density at radius 1 is 1.36 bits per heavy atom. The van der Waals surface area contributed by atoms with Crippen LogP contribution in [0.5, 0.6) is 0 Å². The highest BCUT2D eigenvalue weighted by atomic mass is 32.2.